The van der Waals surface area contributed by atoms with Crippen molar-refractivity contribution in [3.8, 4) is 11.1 Å². The monoisotopic (exact) mass is 413 g/mol. The molecular weight excluding hydrogens is 386 g/mol. The molecule has 0 radical (unpaired) electrons. The van der Waals surface area contributed by atoms with Crippen LogP contribution in [0.5, 0.6) is 0 Å². The first kappa shape index (κ1) is 20.8. The number of carbonyl (C=O) groups is 2. The van der Waals surface area contributed by atoms with Crippen molar-refractivity contribution in [1.29, 1.82) is 0 Å². The Morgan fingerprint density at radius 3 is 2.48 bits per heavy atom. The fourth-order valence-electron chi connectivity index (χ4n) is 4.47. The molecule has 0 bridgehead atoms. The molecule has 0 aliphatic carbocycles. The maximum atomic E-state index is 13.1. The third-order valence-corrected chi connectivity index (χ3v) is 6.10. The van der Waals surface area contributed by atoms with E-state index in [1.807, 2.05) is 53.4 Å². The predicted molar refractivity (Wildman–Crippen MR) is 121 cm³/mol. The Morgan fingerprint density at radius 1 is 1.00 bits per heavy atom. The van der Waals surface area contributed by atoms with Gasteiger partial charge >= 0.3 is 0 Å². The zero-order valence-corrected chi connectivity index (χ0v) is 17.8. The van der Waals surface area contributed by atoms with E-state index in [0.717, 1.165) is 22.4 Å². The van der Waals surface area contributed by atoms with Crippen LogP contribution < -0.4 is 5.32 Å². The first-order chi connectivity index (χ1) is 15.1. The average molecular weight is 414 g/mol. The summed E-state index contributed by atoms with van der Waals surface area (Å²) < 4.78 is 0. The first-order valence-corrected chi connectivity index (χ1v) is 10.6. The summed E-state index contributed by atoms with van der Waals surface area (Å²) >= 11 is 0. The lowest BCUT2D eigenvalue weighted by Crippen LogP contribution is -2.44. The van der Waals surface area contributed by atoms with Crippen molar-refractivity contribution < 1.29 is 9.59 Å². The highest BCUT2D eigenvalue weighted by Crippen LogP contribution is 2.37. The Hall–Kier alpha value is -3.47. The van der Waals surface area contributed by atoms with Crippen LogP contribution in [0.25, 0.3) is 11.1 Å². The molecule has 1 N–H and O–H groups in total. The lowest BCUT2D eigenvalue weighted by Gasteiger charge is -2.28. The second-order valence-corrected chi connectivity index (χ2v) is 8.12. The number of nitrogens with zero attached hydrogens (tertiary/aromatic N) is 2. The standard InChI is InChI=1S/C26H27N3O2/c1-27-25(31)26(14-16-29(19-26)24(30)17-22-12-7-8-15-28-22)18-21-11-5-6-13-23(21)20-9-3-2-4-10-20/h2-13,15H,14,16-19H2,1H3,(H,27,31)/t26-/m0/s1. The first-order valence-electron chi connectivity index (χ1n) is 10.6. The number of nitrogens with one attached hydrogen (secondary N) is 1. The quantitative estimate of drug-likeness (QED) is 0.673. The third kappa shape index (κ3) is 4.50. The summed E-state index contributed by atoms with van der Waals surface area (Å²) in [5.41, 5.74) is 3.49. The summed E-state index contributed by atoms with van der Waals surface area (Å²) in [6.45, 7) is 0.994. The largest absolute Gasteiger partial charge is 0.359 e. The van der Waals surface area contributed by atoms with E-state index >= 15 is 0 Å². The van der Waals surface area contributed by atoms with Crippen LogP contribution in [0.4, 0.5) is 0 Å². The van der Waals surface area contributed by atoms with E-state index in [1.165, 1.54) is 0 Å². The average Bonchev–Trinajstić information content (AvgIpc) is 3.25. The second kappa shape index (κ2) is 9.13. The molecular formula is C26H27N3O2. The molecule has 2 amide bonds. The van der Waals surface area contributed by atoms with Crippen molar-refractivity contribution >= 4 is 11.8 Å². The van der Waals surface area contributed by atoms with Gasteiger partial charge in [-0.2, -0.15) is 0 Å². The Morgan fingerprint density at radius 2 is 1.74 bits per heavy atom. The summed E-state index contributed by atoms with van der Waals surface area (Å²) in [4.78, 5) is 32.0. The van der Waals surface area contributed by atoms with Gasteiger partial charge in [0.2, 0.25) is 11.8 Å². The SMILES string of the molecule is CNC(=O)[C@]1(Cc2ccccc2-c2ccccc2)CCN(C(=O)Cc2ccccn2)C1. The van der Waals surface area contributed by atoms with Crippen LogP contribution in [-0.2, 0) is 22.4 Å². The number of benzene rings is 2. The molecule has 1 saturated heterocycles. The van der Waals surface area contributed by atoms with Crippen molar-refractivity contribution in [2.75, 3.05) is 20.1 Å². The number of rotatable bonds is 6. The van der Waals surface area contributed by atoms with Crippen molar-refractivity contribution in [3.63, 3.8) is 0 Å². The Balaban J connectivity index is 1.58. The number of pyridine rings is 1. The van der Waals surface area contributed by atoms with Crippen LogP contribution in [0.2, 0.25) is 0 Å². The van der Waals surface area contributed by atoms with E-state index < -0.39 is 5.41 Å². The van der Waals surface area contributed by atoms with Gasteiger partial charge in [-0.05, 0) is 41.7 Å². The highest BCUT2D eigenvalue weighted by atomic mass is 16.2. The van der Waals surface area contributed by atoms with Crippen molar-refractivity contribution in [2.24, 2.45) is 5.41 Å². The number of hydrogen-bond acceptors (Lipinski definition) is 3. The molecule has 1 aliphatic heterocycles. The molecule has 5 heteroatoms. The van der Waals surface area contributed by atoms with Crippen LogP contribution in [-0.4, -0.2) is 41.8 Å². The Bertz CT molecular complexity index is 1050. The number of carbonyl (C=O) groups excluding carboxylic acids is 2. The lowest BCUT2D eigenvalue weighted by molar-refractivity contribution is -0.132. The summed E-state index contributed by atoms with van der Waals surface area (Å²) in [6, 6.07) is 24.0. The van der Waals surface area contributed by atoms with Crippen LogP contribution >= 0.6 is 0 Å². The minimum atomic E-state index is -0.639. The van der Waals surface area contributed by atoms with E-state index in [9.17, 15) is 9.59 Å². The lowest BCUT2D eigenvalue weighted by atomic mass is 9.78. The van der Waals surface area contributed by atoms with Crippen LogP contribution in [0.3, 0.4) is 0 Å². The molecule has 1 atom stereocenters. The normalized spacial score (nSPS) is 18.0. The van der Waals surface area contributed by atoms with E-state index in [1.54, 1.807) is 13.2 Å². The summed E-state index contributed by atoms with van der Waals surface area (Å²) in [5.74, 6) is 0.00400. The summed E-state index contributed by atoms with van der Waals surface area (Å²) in [7, 11) is 1.67. The molecule has 0 unspecified atom stereocenters. The van der Waals surface area contributed by atoms with Gasteiger partial charge in [-0.3, -0.25) is 14.6 Å². The molecule has 3 aromatic rings. The Labute approximate surface area is 183 Å². The molecule has 1 aromatic heterocycles. The maximum absolute atomic E-state index is 13.1. The summed E-state index contributed by atoms with van der Waals surface area (Å²) in [5, 5.41) is 2.85. The number of likely N-dealkylation sites (tertiary alicyclic amines) is 1. The second-order valence-electron chi connectivity index (χ2n) is 8.12. The molecule has 31 heavy (non-hydrogen) atoms. The highest BCUT2D eigenvalue weighted by molar-refractivity contribution is 5.86. The van der Waals surface area contributed by atoms with Gasteiger partial charge in [-0.25, -0.2) is 0 Å². The third-order valence-electron chi connectivity index (χ3n) is 6.10. The zero-order valence-electron chi connectivity index (χ0n) is 17.8. The van der Waals surface area contributed by atoms with E-state index in [4.69, 9.17) is 0 Å². The van der Waals surface area contributed by atoms with Gasteiger partial charge in [0, 0.05) is 32.0 Å². The van der Waals surface area contributed by atoms with Gasteiger partial charge in [0.05, 0.1) is 11.8 Å². The van der Waals surface area contributed by atoms with Gasteiger partial charge in [0.15, 0.2) is 0 Å². The Kier molecular flexibility index (Phi) is 6.12. The van der Waals surface area contributed by atoms with E-state index in [2.05, 4.69) is 34.6 Å². The minimum Gasteiger partial charge on any atom is -0.359 e. The van der Waals surface area contributed by atoms with Crippen molar-refractivity contribution in [3.05, 3.63) is 90.3 Å². The molecule has 1 aliphatic rings. The van der Waals surface area contributed by atoms with Crippen molar-refractivity contribution in [2.45, 2.75) is 19.3 Å². The minimum absolute atomic E-state index is 0.0106. The molecule has 4 rings (SSSR count). The van der Waals surface area contributed by atoms with Crippen LogP contribution in [0, 0.1) is 5.41 Å². The fourth-order valence-corrected chi connectivity index (χ4v) is 4.47. The molecule has 5 nitrogen and oxygen atoms in total. The van der Waals surface area contributed by atoms with Gasteiger partial charge in [0.25, 0.3) is 0 Å². The van der Waals surface area contributed by atoms with Crippen LogP contribution in [0.15, 0.2) is 79.0 Å². The topological polar surface area (TPSA) is 62.3 Å². The van der Waals surface area contributed by atoms with Gasteiger partial charge in [0.1, 0.15) is 0 Å². The zero-order chi connectivity index (χ0) is 21.7. The molecule has 158 valence electrons. The number of amides is 2. The molecule has 2 heterocycles. The molecule has 2 aromatic carbocycles. The van der Waals surface area contributed by atoms with Crippen molar-refractivity contribution in [1.82, 2.24) is 15.2 Å². The number of hydrogen-bond donors (Lipinski definition) is 1. The van der Waals surface area contributed by atoms with Gasteiger partial charge in [-0.1, -0.05) is 60.7 Å². The van der Waals surface area contributed by atoms with Gasteiger partial charge in [-0.15, -0.1) is 0 Å². The molecule has 0 spiro atoms. The molecule has 1 fully saturated rings. The van der Waals surface area contributed by atoms with Crippen LogP contribution in [0.1, 0.15) is 17.7 Å². The van der Waals surface area contributed by atoms with E-state index in [0.29, 0.717) is 25.9 Å². The van der Waals surface area contributed by atoms with E-state index in [-0.39, 0.29) is 18.2 Å². The maximum Gasteiger partial charge on any atom is 0.228 e. The fraction of sp³-hybridized carbons (Fsp3) is 0.269. The predicted octanol–water partition coefficient (Wildman–Crippen LogP) is 3.50. The van der Waals surface area contributed by atoms with Gasteiger partial charge < -0.3 is 10.2 Å². The smallest absolute Gasteiger partial charge is 0.228 e. The highest BCUT2D eigenvalue weighted by Gasteiger charge is 2.45. The number of aromatic nitrogens is 1. The summed E-state index contributed by atoms with van der Waals surface area (Å²) in [6.07, 6.45) is 3.18. The molecule has 0 saturated carbocycles.